The number of carboxylic acids is 1. The van der Waals surface area contributed by atoms with Gasteiger partial charge in [-0.1, -0.05) is 40.6 Å². The normalized spacial score (nSPS) is 19.3. The van der Waals surface area contributed by atoms with E-state index in [1.54, 1.807) is 4.68 Å². The van der Waals surface area contributed by atoms with Crippen LogP contribution in [0, 0.1) is 10.7 Å². The quantitative estimate of drug-likeness (QED) is 0.661. The average molecular weight is 381 g/mol. The van der Waals surface area contributed by atoms with E-state index in [2.05, 4.69) is 15.5 Å². The maximum Gasteiger partial charge on any atom is 0.326 e. The summed E-state index contributed by atoms with van der Waals surface area (Å²) < 4.78 is 1.98. The summed E-state index contributed by atoms with van der Waals surface area (Å²) in [6.45, 7) is 0.737. The van der Waals surface area contributed by atoms with Crippen LogP contribution in [0.2, 0.25) is 0 Å². The molecule has 1 aliphatic rings. The molecule has 4 rings (SSSR count). The van der Waals surface area contributed by atoms with Crippen molar-refractivity contribution in [3.8, 4) is 5.69 Å². The van der Waals surface area contributed by atoms with Gasteiger partial charge in [-0.2, -0.15) is 5.21 Å². The minimum Gasteiger partial charge on any atom is -0.480 e. The lowest BCUT2D eigenvalue weighted by atomic mass is 9.92. The highest BCUT2D eigenvalue weighted by Gasteiger charge is 2.39. The molecule has 2 aromatic carbocycles. The number of nitrogens with one attached hydrogen (secondary N) is 1. The van der Waals surface area contributed by atoms with Gasteiger partial charge in [0, 0.05) is 12.2 Å². The van der Waals surface area contributed by atoms with Gasteiger partial charge in [-0.3, -0.25) is 0 Å². The zero-order valence-electron chi connectivity index (χ0n) is 14.5. The van der Waals surface area contributed by atoms with E-state index < -0.39 is 12.0 Å². The first-order valence-electron chi connectivity index (χ1n) is 8.77. The van der Waals surface area contributed by atoms with Crippen molar-refractivity contribution < 1.29 is 9.90 Å². The summed E-state index contributed by atoms with van der Waals surface area (Å²) in [6.07, 6.45) is 1.52. The average Bonchev–Trinajstić information content (AvgIpc) is 3.29. The molecular weight excluding hydrogens is 362 g/mol. The number of para-hydroxylation sites is 1. The molecule has 1 aliphatic heterocycles. The van der Waals surface area contributed by atoms with Gasteiger partial charge in [0.1, 0.15) is 6.04 Å². The fraction of sp³-hybridized carbons (Fsp3) is 0.263. The van der Waals surface area contributed by atoms with Gasteiger partial charge in [0.15, 0.2) is 0 Å². The second kappa shape index (κ2) is 7.32. The zero-order valence-corrected chi connectivity index (χ0v) is 15.3. The summed E-state index contributed by atoms with van der Waals surface area (Å²) in [5.41, 5.74) is 2.86. The molecule has 2 heterocycles. The van der Waals surface area contributed by atoms with Crippen molar-refractivity contribution in [1.29, 1.82) is 0 Å². The van der Waals surface area contributed by atoms with E-state index in [-0.39, 0.29) is 5.92 Å². The SMILES string of the molecule is O=C(O)C1C(Cc2cccc(-n3[nH]nnc3=S)c2)CCN1c1ccccc1. The van der Waals surface area contributed by atoms with Crippen molar-refractivity contribution >= 4 is 23.9 Å². The number of H-pyrrole nitrogens is 1. The van der Waals surface area contributed by atoms with Gasteiger partial charge >= 0.3 is 5.97 Å². The van der Waals surface area contributed by atoms with Gasteiger partial charge in [-0.15, -0.1) is 0 Å². The summed E-state index contributed by atoms with van der Waals surface area (Å²) in [4.78, 5) is 14.0. The lowest BCUT2D eigenvalue weighted by Crippen LogP contribution is -2.40. The van der Waals surface area contributed by atoms with Gasteiger partial charge in [0.25, 0.3) is 0 Å². The molecule has 0 spiro atoms. The molecule has 1 aromatic heterocycles. The Labute approximate surface area is 161 Å². The molecule has 2 unspecified atom stereocenters. The number of hydrogen-bond acceptors (Lipinski definition) is 5. The standard InChI is InChI=1S/C19H19N5O2S/c25-18(26)17-14(9-10-23(17)15-6-2-1-3-7-15)11-13-5-4-8-16(12-13)24-19(27)20-21-22-24/h1-8,12,14,17H,9-11H2,(H,25,26)(H,20,22,27). The van der Waals surface area contributed by atoms with Crippen LogP contribution in [0.3, 0.4) is 0 Å². The maximum absolute atomic E-state index is 12.0. The van der Waals surface area contributed by atoms with Crippen molar-refractivity contribution in [1.82, 2.24) is 20.2 Å². The van der Waals surface area contributed by atoms with Crippen LogP contribution in [-0.2, 0) is 11.2 Å². The zero-order chi connectivity index (χ0) is 18.8. The number of hydrogen-bond donors (Lipinski definition) is 2. The van der Waals surface area contributed by atoms with Crippen molar-refractivity contribution in [3.05, 3.63) is 64.9 Å². The largest absolute Gasteiger partial charge is 0.480 e. The van der Waals surface area contributed by atoms with E-state index in [4.69, 9.17) is 12.2 Å². The molecule has 3 aromatic rings. The summed E-state index contributed by atoms with van der Waals surface area (Å²) in [6, 6.07) is 17.1. The van der Waals surface area contributed by atoms with Crippen LogP contribution < -0.4 is 4.90 Å². The minimum absolute atomic E-state index is 0.0332. The highest BCUT2D eigenvalue weighted by molar-refractivity contribution is 7.71. The molecule has 0 saturated carbocycles. The third kappa shape index (κ3) is 3.48. The molecule has 1 fully saturated rings. The number of aromatic amines is 1. The van der Waals surface area contributed by atoms with E-state index in [9.17, 15) is 9.90 Å². The van der Waals surface area contributed by atoms with Gasteiger partial charge in [-0.05, 0) is 60.8 Å². The smallest absolute Gasteiger partial charge is 0.326 e. The van der Waals surface area contributed by atoms with E-state index in [1.165, 1.54) is 0 Å². The Morgan fingerprint density at radius 1 is 1.19 bits per heavy atom. The van der Waals surface area contributed by atoms with Crippen LogP contribution in [0.15, 0.2) is 54.6 Å². The molecule has 1 saturated heterocycles. The number of aliphatic carboxylic acids is 1. The summed E-state index contributed by atoms with van der Waals surface area (Å²) in [7, 11) is 0. The van der Waals surface area contributed by atoms with Crippen molar-refractivity contribution in [2.45, 2.75) is 18.9 Å². The van der Waals surface area contributed by atoms with Gasteiger partial charge in [0.05, 0.1) is 5.69 Å². The first-order chi connectivity index (χ1) is 13.1. The van der Waals surface area contributed by atoms with Crippen LogP contribution in [0.5, 0.6) is 0 Å². The Morgan fingerprint density at radius 2 is 1.96 bits per heavy atom. The number of rotatable bonds is 5. The second-order valence-electron chi connectivity index (χ2n) is 6.65. The lowest BCUT2D eigenvalue weighted by molar-refractivity contribution is -0.139. The number of carbonyl (C=O) groups is 1. The Hall–Kier alpha value is -3.00. The Kier molecular flexibility index (Phi) is 4.72. The van der Waals surface area contributed by atoms with Crippen molar-refractivity contribution in [2.75, 3.05) is 11.4 Å². The molecule has 0 bridgehead atoms. The molecule has 27 heavy (non-hydrogen) atoms. The van der Waals surface area contributed by atoms with Crippen LogP contribution >= 0.6 is 12.2 Å². The van der Waals surface area contributed by atoms with E-state index in [0.29, 0.717) is 11.2 Å². The molecule has 7 nitrogen and oxygen atoms in total. The lowest BCUT2D eigenvalue weighted by Gasteiger charge is -2.26. The predicted molar refractivity (Wildman–Crippen MR) is 104 cm³/mol. The third-order valence-electron chi connectivity index (χ3n) is 5.00. The van der Waals surface area contributed by atoms with Crippen molar-refractivity contribution in [2.24, 2.45) is 5.92 Å². The number of benzene rings is 2. The van der Waals surface area contributed by atoms with Gasteiger partial charge in [0.2, 0.25) is 4.77 Å². The number of tetrazole rings is 1. The fourth-order valence-corrected chi connectivity index (χ4v) is 3.99. The van der Waals surface area contributed by atoms with Gasteiger partial charge in [-0.25, -0.2) is 9.48 Å². The minimum atomic E-state index is -0.780. The fourth-order valence-electron chi connectivity index (χ4n) is 3.80. The molecule has 2 N–H and O–H groups in total. The number of aromatic nitrogens is 4. The topological polar surface area (TPSA) is 87.0 Å². The summed E-state index contributed by atoms with van der Waals surface area (Å²) >= 11 is 5.15. The second-order valence-corrected chi connectivity index (χ2v) is 7.02. The Balaban J connectivity index is 1.58. The molecule has 0 aliphatic carbocycles. The van der Waals surface area contributed by atoms with E-state index >= 15 is 0 Å². The Morgan fingerprint density at radius 3 is 2.67 bits per heavy atom. The molecule has 2 atom stereocenters. The summed E-state index contributed by atoms with van der Waals surface area (Å²) in [5, 5.41) is 20.1. The highest BCUT2D eigenvalue weighted by Crippen LogP contribution is 2.32. The molecule has 8 heteroatoms. The third-order valence-corrected chi connectivity index (χ3v) is 5.27. The van der Waals surface area contributed by atoms with Gasteiger partial charge < -0.3 is 10.0 Å². The molecule has 0 amide bonds. The molecule has 0 radical (unpaired) electrons. The Bertz CT molecular complexity index is 1000. The highest BCUT2D eigenvalue weighted by atomic mass is 32.1. The number of carboxylic acid groups (broad SMARTS) is 1. The van der Waals surface area contributed by atoms with Crippen molar-refractivity contribution in [3.63, 3.8) is 0 Å². The number of nitrogens with zero attached hydrogens (tertiary/aromatic N) is 4. The van der Waals surface area contributed by atoms with Crippen LogP contribution in [0.4, 0.5) is 5.69 Å². The molecule has 138 valence electrons. The van der Waals surface area contributed by atoms with Crippen LogP contribution in [0.1, 0.15) is 12.0 Å². The first kappa shape index (κ1) is 17.4. The summed E-state index contributed by atoms with van der Waals surface area (Å²) in [5.74, 6) is -0.747. The maximum atomic E-state index is 12.0. The van der Waals surface area contributed by atoms with E-state index in [1.807, 2.05) is 59.5 Å². The van der Waals surface area contributed by atoms with Crippen LogP contribution in [0.25, 0.3) is 5.69 Å². The monoisotopic (exact) mass is 381 g/mol. The van der Waals surface area contributed by atoms with E-state index in [0.717, 1.165) is 29.9 Å². The number of anilines is 1. The first-order valence-corrected chi connectivity index (χ1v) is 9.18. The molecular formula is C19H19N5O2S. The predicted octanol–water partition coefficient (Wildman–Crippen LogP) is 2.85. The van der Waals surface area contributed by atoms with Crippen LogP contribution in [-0.4, -0.2) is 43.9 Å².